The van der Waals surface area contributed by atoms with E-state index in [1.54, 1.807) is 0 Å². The third-order valence-electron chi connectivity index (χ3n) is 2.12. The van der Waals surface area contributed by atoms with Crippen molar-refractivity contribution >= 4 is 68.1 Å². The zero-order valence-corrected chi connectivity index (χ0v) is 12.5. The average Bonchev–Trinajstić information content (AvgIpc) is 2.23. The second-order valence-electron chi connectivity index (χ2n) is 3.11. The average molecular weight is 358 g/mol. The fourth-order valence-corrected chi connectivity index (χ4v) is 4.10. The van der Waals surface area contributed by atoms with Crippen molar-refractivity contribution in [1.29, 1.82) is 0 Å². The van der Waals surface area contributed by atoms with E-state index in [1.807, 2.05) is 0 Å². The smallest absolute Gasteiger partial charge is 0.284 e. The second-order valence-corrected chi connectivity index (χ2v) is 7.03. The fourth-order valence-electron chi connectivity index (χ4n) is 1.22. The van der Waals surface area contributed by atoms with Crippen LogP contribution in [0.4, 0.5) is 0 Å². The van der Waals surface area contributed by atoms with Crippen LogP contribution in [0.2, 0.25) is 0 Å². The highest BCUT2D eigenvalue weighted by molar-refractivity contribution is 7.89. The van der Waals surface area contributed by atoms with Crippen molar-refractivity contribution in [3.8, 4) is 0 Å². The lowest BCUT2D eigenvalue weighted by Crippen LogP contribution is -2.37. The third-order valence-corrected chi connectivity index (χ3v) is 6.64. The molecule has 0 saturated heterocycles. The molecule has 0 aromatic rings. The van der Waals surface area contributed by atoms with E-state index in [2.05, 4.69) is 6.58 Å². The van der Waals surface area contributed by atoms with Gasteiger partial charge in [0.05, 0.1) is 16.0 Å². The van der Waals surface area contributed by atoms with Crippen LogP contribution in [0.1, 0.15) is 0 Å². The number of allylic oxidation sites excluding steroid dienone is 3. The van der Waals surface area contributed by atoms with Crippen molar-refractivity contribution in [3.05, 3.63) is 32.8 Å². The van der Waals surface area contributed by atoms with E-state index in [-0.39, 0.29) is 10.1 Å². The SMILES string of the molecule is C=CC1C(Cl)=C(Cl)C(Cl)(S(=O)(=O)O)C(Cl)=C1Cl. The standard InChI is InChI=1S/C8H5Cl5O3S/c1-2-3-4(9)6(11)8(13,17(14,15)16)7(12)5(3)10/h2-3H,1H2,(H,14,15,16). The Morgan fingerprint density at radius 2 is 1.53 bits per heavy atom. The van der Waals surface area contributed by atoms with Crippen LogP contribution in [0.5, 0.6) is 0 Å². The van der Waals surface area contributed by atoms with E-state index in [0.29, 0.717) is 0 Å². The van der Waals surface area contributed by atoms with Crippen molar-refractivity contribution in [2.75, 3.05) is 0 Å². The Hall–Kier alpha value is 0.580. The number of halogens is 5. The summed E-state index contributed by atoms with van der Waals surface area (Å²) in [5, 5.41) is -1.38. The molecule has 0 spiro atoms. The summed E-state index contributed by atoms with van der Waals surface area (Å²) in [6.07, 6.45) is 1.32. The lowest BCUT2D eigenvalue weighted by atomic mass is 10.0. The molecule has 0 aliphatic heterocycles. The third kappa shape index (κ3) is 2.25. The highest BCUT2D eigenvalue weighted by Gasteiger charge is 2.53. The Bertz CT molecular complexity index is 507. The van der Waals surface area contributed by atoms with E-state index in [4.69, 9.17) is 62.6 Å². The van der Waals surface area contributed by atoms with E-state index >= 15 is 0 Å². The first kappa shape index (κ1) is 15.6. The normalized spacial score (nSPS) is 30.8. The van der Waals surface area contributed by atoms with Gasteiger partial charge in [0.25, 0.3) is 10.1 Å². The molecule has 17 heavy (non-hydrogen) atoms. The molecule has 1 aliphatic carbocycles. The van der Waals surface area contributed by atoms with Gasteiger partial charge in [-0.2, -0.15) is 8.42 Å². The molecule has 0 saturated carbocycles. The van der Waals surface area contributed by atoms with Crippen molar-refractivity contribution in [2.24, 2.45) is 5.92 Å². The van der Waals surface area contributed by atoms with Crippen LogP contribution >= 0.6 is 58.0 Å². The molecule has 0 atom stereocenters. The van der Waals surface area contributed by atoms with Crippen LogP contribution in [0.25, 0.3) is 0 Å². The number of hydrogen-bond acceptors (Lipinski definition) is 2. The lowest BCUT2D eigenvalue weighted by molar-refractivity contribution is 0.474. The van der Waals surface area contributed by atoms with E-state index in [0.717, 1.165) is 0 Å². The second kappa shape index (κ2) is 4.93. The van der Waals surface area contributed by atoms with Crippen LogP contribution in [0.3, 0.4) is 0 Å². The Kier molecular flexibility index (Phi) is 4.53. The lowest BCUT2D eigenvalue weighted by Gasteiger charge is -2.31. The first-order valence-corrected chi connectivity index (χ1v) is 7.31. The summed E-state index contributed by atoms with van der Waals surface area (Å²) in [6, 6.07) is 0. The van der Waals surface area contributed by atoms with Gasteiger partial charge in [0.2, 0.25) is 4.21 Å². The van der Waals surface area contributed by atoms with Gasteiger partial charge in [0, 0.05) is 10.1 Å². The summed E-state index contributed by atoms with van der Waals surface area (Å²) < 4.78 is 29.0. The quantitative estimate of drug-likeness (QED) is 0.461. The predicted octanol–water partition coefficient (Wildman–Crippen LogP) is 4.00. The van der Waals surface area contributed by atoms with Gasteiger partial charge in [-0.05, 0) is 0 Å². The Morgan fingerprint density at radius 3 is 1.76 bits per heavy atom. The molecule has 0 fully saturated rings. The van der Waals surface area contributed by atoms with Crippen LogP contribution < -0.4 is 0 Å². The largest absolute Gasteiger partial charge is 0.295 e. The molecule has 0 aromatic carbocycles. The van der Waals surface area contributed by atoms with Crippen molar-refractivity contribution in [2.45, 2.75) is 4.21 Å². The molecule has 0 aromatic heterocycles. The maximum absolute atomic E-state index is 11.3. The first-order chi connectivity index (χ1) is 7.59. The van der Waals surface area contributed by atoms with E-state index < -0.39 is 30.3 Å². The highest BCUT2D eigenvalue weighted by Crippen LogP contribution is 2.53. The zero-order valence-electron chi connectivity index (χ0n) is 7.92. The predicted molar refractivity (Wildman–Crippen MR) is 71.3 cm³/mol. The maximum atomic E-state index is 11.3. The van der Waals surface area contributed by atoms with Gasteiger partial charge >= 0.3 is 0 Å². The number of alkyl halides is 1. The molecule has 0 bridgehead atoms. The monoisotopic (exact) mass is 356 g/mol. The number of rotatable bonds is 2. The summed E-state index contributed by atoms with van der Waals surface area (Å²) in [7, 11) is -4.84. The van der Waals surface area contributed by atoms with Gasteiger partial charge in [0.1, 0.15) is 0 Å². The van der Waals surface area contributed by atoms with Crippen molar-refractivity contribution in [3.63, 3.8) is 0 Å². The summed E-state index contributed by atoms with van der Waals surface area (Å²) in [5.74, 6) is -0.757. The van der Waals surface area contributed by atoms with Crippen molar-refractivity contribution in [1.82, 2.24) is 0 Å². The first-order valence-electron chi connectivity index (χ1n) is 3.98. The van der Waals surface area contributed by atoms with Crippen LogP contribution in [-0.2, 0) is 10.1 Å². The minimum Gasteiger partial charge on any atom is -0.284 e. The molecule has 0 radical (unpaired) electrons. The topological polar surface area (TPSA) is 54.4 Å². The summed E-state index contributed by atoms with van der Waals surface area (Å²) in [6.45, 7) is 3.45. The summed E-state index contributed by atoms with van der Waals surface area (Å²) in [5.41, 5.74) is 0. The summed E-state index contributed by atoms with van der Waals surface area (Å²) >= 11 is 28.9. The van der Waals surface area contributed by atoms with Crippen LogP contribution in [-0.4, -0.2) is 17.2 Å². The zero-order chi connectivity index (χ0) is 13.6. The Labute approximate surface area is 123 Å². The minimum absolute atomic E-state index is 0.163. The van der Waals surface area contributed by atoms with Gasteiger partial charge in [-0.15, -0.1) is 6.58 Å². The van der Waals surface area contributed by atoms with Gasteiger partial charge < -0.3 is 0 Å². The summed E-state index contributed by atoms with van der Waals surface area (Å²) in [4.78, 5) is 0. The Balaban J connectivity index is 3.67. The molecule has 3 nitrogen and oxygen atoms in total. The minimum atomic E-state index is -4.84. The van der Waals surface area contributed by atoms with Crippen LogP contribution in [0, 0.1) is 5.92 Å². The van der Waals surface area contributed by atoms with E-state index in [1.165, 1.54) is 6.08 Å². The Morgan fingerprint density at radius 1 is 1.18 bits per heavy atom. The van der Waals surface area contributed by atoms with Gasteiger partial charge in [-0.1, -0.05) is 64.1 Å². The molecule has 1 rings (SSSR count). The molecule has 1 N–H and O–H groups in total. The molecule has 1 aliphatic rings. The number of hydrogen-bond donors (Lipinski definition) is 1. The molecule has 0 unspecified atom stereocenters. The molecule has 0 amide bonds. The highest BCUT2D eigenvalue weighted by atomic mass is 35.5. The molecular formula is C8H5Cl5O3S. The fraction of sp³-hybridized carbons (Fsp3) is 0.250. The van der Waals surface area contributed by atoms with Gasteiger partial charge in [0.15, 0.2) is 0 Å². The molecule has 96 valence electrons. The van der Waals surface area contributed by atoms with Crippen molar-refractivity contribution < 1.29 is 13.0 Å². The maximum Gasteiger partial charge on any atom is 0.295 e. The van der Waals surface area contributed by atoms with E-state index in [9.17, 15) is 8.42 Å². The molecular weight excluding hydrogens is 353 g/mol. The van der Waals surface area contributed by atoms with Gasteiger partial charge in [-0.25, -0.2) is 0 Å². The molecule has 9 heteroatoms. The van der Waals surface area contributed by atoms with Gasteiger partial charge in [-0.3, -0.25) is 4.55 Å². The van der Waals surface area contributed by atoms with Crippen LogP contribution in [0.15, 0.2) is 32.8 Å². The molecule has 0 heterocycles.